The maximum Gasteiger partial charge on any atom is 0.0776 e. The van der Waals surface area contributed by atoms with Crippen LogP contribution in [0.15, 0.2) is 29.2 Å². The lowest BCUT2D eigenvalue weighted by atomic mass is 9.95. The lowest BCUT2D eigenvalue weighted by Gasteiger charge is -2.15. The molecule has 0 fully saturated rings. The molecule has 3 heteroatoms. The predicted molar refractivity (Wildman–Crippen MR) is 69.0 cm³/mol. The molecule has 0 aromatic heterocycles. The largest absolute Gasteiger partial charge is 0.394 e. The molecule has 2 nitrogen and oxygen atoms in total. The molecule has 90 valence electrons. The first-order valence-electron chi connectivity index (χ1n) is 5.69. The van der Waals surface area contributed by atoms with Crippen molar-refractivity contribution in [3.8, 4) is 0 Å². The number of aliphatic hydroxyl groups is 2. The summed E-state index contributed by atoms with van der Waals surface area (Å²) >= 11 is 1.82. The topological polar surface area (TPSA) is 40.5 Å². The zero-order valence-corrected chi connectivity index (χ0v) is 10.7. The van der Waals surface area contributed by atoms with Crippen LogP contribution in [0.4, 0.5) is 0 Å². The summed E-state index contributed by atoms with van der Waals surface area (Å²) < 4.78 is 0. The molecule has 0 spiro atoms. The van der Waals surface area contributed by atoms with Crippen LogP contribution in [0.2, 0.25) is 0 Å². The Balaban J connectivity index is 2.59. The highest BCUT2D eigenvalue weighted by Crippen LogP contribution is 2.24. The highest BCUT2D eigenvalue weighted by molar-refractivity contribution is 7.99. The first-order chi connectivity index (χ1) is 7.67. The van der Waals surface area contributed by atoms with Crippen molar-refractivity contribution in [2.75, 3.05) is 12.4 Å². The Morgan fingerprint density at radius 2 is 1.88 bits per heavy atom. The summed E-state index contributed by atoms with van der Waals surface area (Å²) in [6.07, 6.45) is -0.00349. The molecule has 0 aliphatic heterocycles. The molecule has 16 heavy (non-hydrogen) atoms. The van der Waals surface area contributed by atoms with Crippen molar-refractivity contribution in [3.63, 3.8) is 0 Å². The van der Waals surface area contributed by atoms with E-state index < -0.39 is 6.10 Å². The highest BCUT2D eigenvalue weighted by Gasteiger charge is 2.11. The SMILES string of the molecule is CCSc1ccc(C(C)CC(O)CO)cc1. The van der Waals surface area contributed by atoms with Crippen molar-refractivity contribution in [1.29, 1.82) is 0 Å². The van der Waals surface area contributed by atoms with Crippen LogP contribution < -0.4 is 0 Å². The number of benzene rings is 1. The molecule has 0 radical (unpaired) electrons. The zero-order valence-electron chi connectivity index (χ0n) is 9.89. The Kier molecular flexibility index (Phi) is 5.88. The molecule has 1 aromatic carbocycles. The van der Waals surface area contributed by atoms with Gasteiger partial charge in [-0.15, -0.1) is 11.8 Å². The lowest BCUT2D eigenvalue weighted by Crippen LogP contribution is -2.14. The normalized spacial score (nSPS) is 14.8. The fourth-order valence-corrected chi connectivity index (χ4v) is 2.34. The summed E-state index contributed by atoms with van der Waals surface area (Å²) in [5.41, 5.74) is 1.22. The summed E-state index contributed by atoms with van der Waals surface area (Å²) in [7, 11) is 0. The Morgan fingerprint density at radius 1 is 1.25 bits per heavy atom. The monoisotopic (exact) mass is 240 g/mol. The molecule has 2 atom stereocenters. The average molecular weight is 240 g/mol. The van der Waals surface area contributed by atoms with E-state index in [0.29, 0.717) is 6.42 Å². The molecule has 0 saturated carbocycles. The predicted octanol–water partition coefficient (Wildman–Crippen LogP) is 2.65. The van der Waals surface area contributed by atoms with Crippen LogP contribution in [0, 0.1) is 0 Å². The van der Waals surface area contributed by atoms with Gasteiger partial charge >= 0.3 is 0 Å². The molecule has 1 aromatic rings. The standard InChI is InChI=1S/C13H20O2S/c1-3-16-13-6-4-11(5-7-13)10(2)8-12(15)9-14/h4-7,10,12,14-15H,3,8-9H2,1-2H3. The van der Waals surface area contributed by atoms with E-state index in [1.807, 2.05) is 11.8 Å². The van der Waals surface area contributed by atoms with Crippen LogP contribution in [-0.4, -0.2) is 28.7 Å². The van der Waals surface area contributed by atoms with E-state index in [1.165, 1.54) is 10.5 Å². The minimum atomic E-state index is -0.611. The molecule has 0 heterocycles. The van der Waals surface area contributed by atoms with Gasteiger partial charge < -0.3 is 10.2 Å². The second-order valence-electron chi connectivity index (χ2n) is 3.98. The van der Waals surface area contributed by atoms with Gasteiger partial charge in [-0.25, -0.2) is 0 Å². The van der Waals surface area contributed by atoms with Crippen molar-refractivity contribution in [3.05, 3.63) is 29.8 Å². The summed E-state index contributed by atoms with van der Waals surface area (Å²) in [5.74, 6) is 1.36. The Bertz CT molecular complexity index is 297. The van der Waals surface area contributed by atoms with Crippen molar-refractivity contribution in [1.82, 2.24) is 0 Å². The maximum absolute atomic E-state index is 9.37. The van der Waals surface area contributed by atoms with Crippen LogP contribution in [0.5, 0.6) is 0 Å². The van der Waals surface area contributed by atoms with E-state index in [4.69, 9.17) is 5.11 Å². The number of hydrogen-bond acceptors (Lipinski definition) is 3. The third-order valence-electron chi connectivity index (χ3n) is 2.60. The Labute approximate surface area is 102 Å². The fourth-order valence-electron chi connectivity index (χ4n) is 1.68. The van der Waals surface area contributed by atoms with Crippen molar-refractivity contribution >= 4 is 11.8 Å². The van der Waals surface area contributed by atoms with E-state index in [-0.39, 0.29) is 12.5 Å². The van der Waals surface area contributed by atoms with Gasteiger partial charge in [-0.05, 0) is 35.8 Å². The van der Waals surface area contributed by atoms with Gasteiger partial charge in [0, 0.05) is 4.90 Å². The molecule has 2 unspecified atom stereocenters. The van der Waals surface area contributed by atoms with E-state index in [1.54, 1.807) is 0 Å². The van der Waals surface area contributed by atoms with Gasteiger partial charge in [0.05, 0.1) is 12.7 Å². The molecule has 0 saturated heterocycles. The summed E-state index contributed by atoms with van der Waals surface area (Å²) in [5, 5.41) is 18.2. The summed E-state index contributed by atoms with van der Waals surface area (Å²) in [6, 6.07) is 8.44. The lowest BCUT2D eigenvalue weighted by molar-refractivity contribution is 0.0835. The first-order valence-corrected chi connectivity index (χ1v) is 6.67. The van der Waals surface area contributed by atoms with Crippen LogP contribution in [0.1, 0.15) is 31.7 Å². The van der Waals surface area contributed by atoms with E-state index >= 15 is 0 Å². The van der Waals surface area contributed by atoms with Gasteiger partial charge in [0.2, 0.25) is 0 Å². The van der Waals surface area contributed by atoms with Crippen molar-refractivity contribution in [2.24, 2.45) is 0 Å². The molecular formula is C13H20O2S. The summed E-state index contributed by atoms with van der Waals surface area (Å²) in [6.45, 7) is 4.05. The van der Waals surface area contributed by atoms with Crippen LogP contribution in [-0.2, 0) is 0 Å². The molecule has 1 rings (SSSR count). The molecular weight excluding hydrogens is 220 g/mol. The number of thioether (sulfide) groups is 1. The van der Waals surface area contributed by atoms with Gasteiger partial charge in [0.1, 0.15) is 0 Å². The van der Waals surface area contributed by atoms with Crippen LogP contribution >= 0.6 is 11.8 Å². The van der Waals surface area contributed by atoms with E-state index in [9.17, 15) is 5.11 Å². The van der Waals surface area contributed by atoms with Gasteiger partial charge in [-0.3, -0.25) is 0 Å². The number of hydrogen-bond donors (Lipinski definition) is 2. The van der Waals surface area contributed by atoms with Crippen molar-refractivity contribution < 1.29 is 10.2 Å². The third kappa shape index (κ3) is 4.16. The average Bonchev–Trinajstić information content (AvgIpc) is 2.30. The van der Waals surface area contributed by atoms with Crippen molar-refractivity contribution in [2.45, 2.75) is 37.2 Å². The highest BCUT2D eigenvalue weighted by atomic mass is 32.2. The zero-order chi connectivity index (χ0) is 12.0. The Morgan fingerprint density at radius 3 is 2.38 bits per heavy atom. The van der Waals surface area contributed by atoms with Crippen LogP contribution in [0.3, 0.4) is 0 Å². The Hall–Kier alpha value is -0.510. The summed E-state index contributed by atoms with van der Waals surface area (Å²) in [4.78, 5) is 1.28. The molecule has 0 amide bonds. The fraction of sp³-hybridized carbons (Fsp3) is 0.538. The molecule has 0 bridgehead atoms. The molecule has 2 N–H and O–H groups in total. The van der Waals surface area contributed by atoms with Gasteiger partial charge in [0.15, 0.2) is 0 Å². The van der Waals surface area contributed by atoms with E-state index in [2.05, 4.69) is 38.1 Å². The number of rotatable bonds is 6. The quantitative estimate of drug-likeness (QED) is 0.751. The third-order valence-corrected chi connectivity index (χ3v) is 3.49. The number of aliphatic hydroxyl groups excluding tert-OH is 2. The van der Waals surface area contributed by atoms with E-state index in [0.717, 1.165) is 5.75 Å². The minimum absolute atomic E-state index is 0.159. The second-order valence-corrected chi connectivity index (χ2v) is 5.31. The van der Waals surface area contributed by atoms with Gasteiger partial charge in [0.25, 0.3) is 0 Å². The minimum Gasteiger partial charge on any atom is -0.394 e. The van der Waals surface area contributed by atoms with Gasteiger partial charge in [-0.1, -0.05) is 26.0 Å². The second kappa shape index (κ2) is 6.94. The van der Waals surface area contributed by atoms with Gasteiger partial charge in [-0.2, -0.15) is 0 Å². The molecule has 0 aliphatic carbocycles. The van der Waals surface area contributed by atoms with Crippen LogP contribution in [0.25, 0.3) is 0 Å². The smallest absolute Gasteiger partial charge is 0.0776 e. The first kappa shape index (κ1) is 13.6. The molecule has 0 aliphatic rings. The maximum atomic E-state index is 9.37.